The van der Waals surface area contributed by atoms with Crippen LogP contribution in [0.1, 0.15) is 46.1 Å². The van der Waals surface area contributed by atoms with Gasteiger partial charge in [0, 0.05) is 23.5 Å². The summed E-state index contributed by atoms with van der Waals surface area (Å²) < 4.78 is 17.8. The fourth-order valence-corrected chi connectivity index (χ4v) is 5.05. The molecule has 0 spiro atoms. The van der Waals surface area contributed by atoms with Crippen LogP contribution in [-0.4, -0.2) is 47.9 Å². The number of thiazole rings is 1. The number of piperidine rings is 1. The molecule has 4 rings (SSSR count). The molecule has 7 nitrogen and oxygen atoms in total. The van der Waals surface area contributed by atoms with Gasteiger partial charge >= 0.3 is 5.97 Å². The summed E-state index contributed by atoms with van der Waals surface area (Å²) in [4.78, 5) is 44.4. The van der Waals surface area contributed by atoms with Crippen LogP contribution >= 0.6 is 11.3 Å². The van der Waals surface area contributed by atoms with Gasteiger partial charge in [-0.3, -0.25) is 19.7 Å². The topological polar surface area (TPSA) is 88.6 Å². The summed E-state index contributed by atoms with van der Waals surface area (Å²) in [6, 6.07) is 5.29. The van der Waals surface area contributed by atoms with Crippen molar-refractivity contribution in [2.24, 2.45) is 5.92 Å². The molecular weight excluding hydrogens is 409 g/mol. The molecule has 2 amide bonds. The van der Waals surface area contributed by atoms with Crippen molar-refractivity contribution >= 4 is 34.3 Å². The maximum atomic E-state index is 13.0. The van der Waals surface area contributed by atoms with E-state index in [0.29, 0.717) is 43.0 Å². The Morgan fingerprint density at radius 1 is 1.17 bits per heavy atom. The second-order valence-electron chi connectivity index (χ2n) is 7.50. The van der Waals surface area contributed by atoms with Gasteiger partial charge in [0.2, 0.25) is 5.91 Å². The van der Waals surface area contributed by atoms with Crippen LogP contribution in [0.5, 0.6) is 0 Å². The molecular formula is C21H22FN3O4S. The van der Waals surface area contributed by atoms with Gasteiger partial charge in [0.1, 0.15) is 5.82 Å². The minimum absolute atomic E-state index is 0.0266. The number of nitrogens with zero attached hydrogens (tertiary/aromatic N) is 2. The molecule has 30 heavy (non-hydrogen) atoms. The van der Waals surface area contributed by atoms with Crippen molar-refractivity contribution in [1.82, 2.24) is 9.88 Å². The summed E-state index contributed by atoms with van der Waals surface area (Å²) in [5.74, 6) is -1.43. The highest BCUT2D eigenvalue weighted by molar-refractivity contribution is 7.16. The third-order valence-electron chi connectivity index (χ3n) is 5.68. The van der Waals surface area contributed by atoms with Gasteiger partial charge in [-0.25, -0.2) is 9.37 Å². The summed E-state index contributed by atoms with van der Waals surface area (Å²) in [5, 5.41) is 3.18. The number of esters is 1. The van der Waals surface area contributed by atoms with E-state index < -0.39 is 5.82 Å². The Labute approximate surface area is 177 Å². The van der Waals surface area contributed by atoms with Crippen LogP contribution in [0.4, 0.5) is 9.52 Å². The number of aryl methyl sites for hydroxylation is 1. The number of fused-ring (bicyclic) bond motifs is 1. The van der Waals surface area contributed by atoms with E-state index in [1.54, 1.807) is 4.90 Å². The third-order valence-corrected chi connectivity index (χ3v) is 6.73. The van der Waals surface area contributed by atoms with Gasteiger partial charge in [0.15, 0.2) is 5.13 Å². The van der Waals surface area contributed by atoms with Gasteiger partial charge in [0.25, 0.3) is 5.91 Å². The van der Waals surface area contributed by atoms with Gasteiger partial charge in [-0.1, -0.05) is 0 Å². The molecule has 0 unspecified atom stereocenters. The van der Waals surface area contributed by atoms with Crippen LogP contribution in [0.15, 0.2) is 24.3 Å². The van der Waals surface area contributed by atoms with E-state index in [2.05, 4.69) is 10.3 Å². The molecule has 1 aromatic carbocycles. The van der Waals surface area contributed by atoms with Crippen molar-refractivity contribution in [1.29, 1.82) is 0 Å². The van der Waals surface area contributed by atoms with Crippen LogP contribution < -0.4 is 5.32 Å². The van der Waals surface area contributed by atoms with Crippen molar-refractivity contribution < 1.29 is 23.5 Å². The summed E-state index contributed by atoms with van der Waals surface area (Å²) in [6.07, 6.45) is 2.66. The minimum atomic E-state index is -0.406. The largest absolute Gasteiger partial charge is 0.469 e. The first-order valence-corrected chi connectivity index (χ1v) is 10.7. The van der Waals surface area contributed by atoms with Crippen LogP contribution in [-0.2, 0) is 20.7 Å². The molecule has 1 saturated heterocycles. The number of amides is 2. The molecule has 2 aliphatic rings. The van der Waals surface area contributed by atoms with E-state index in [0.717, 1.165) is 17.0 Å². The number of benzene rings is 1. The number of aromatic nitrogens is 1. The summed E-state index contributed by atoms with van der Waals surface area (Å²) in [5.41, 5.74) is 1.07. The van der Waals surface area contributed by atoms with Gasteiger partial charge < -0.3 is 9.64 Å². The lowest BCUT2D eigenvalue weighted by Gasteiger charge is -2.32. The van der Waals surface area contributed by atoms with Crippen molar-refractivity contribution in [3.05, 3.63) is 46.2 Å². The first-order chi connectivity index (χ1) is 14.5. The van der Waals surface area contributed by atoms with Crippen LogP contribution in [0.2, 0.25) is 0 Å². The Kier molecular flexibility index (Phi) is 5.80. The van der Waals surface area contributed by atoms with E-state index in [4.69, 9.17) is 4.74 Å². The average molecular weight is 431 g/mol. The lowest BCUT2D eigenvalue weighted by molar-refractivity contribution is -0.149. The number of likely N-dealkylation sites (tertiary alicyclic amines) is 1. The highest BCUT2D eigenvalue weighted by Gasteiger charge is 2.37. The molecule has 1 aliphatic carbocycles. The smallest absolute Gasteiger partial charge is 0.308 e. The van der Waals surface area contributed by atoms with Crippen LogP contribution in [0.3, 0.4) is 0 Å². The van der Waals surface area contributed by atoms with Gasteiger partial charge in [-0.15, -0.1) is 11.3 Å². The Morgan fingerprint density at radius 3 is 2.53 bits per heavy atom. The summed E-state index contributed by atoms with van der Waals surface area (Å²) >= 11 is 1.37. The van der Waals surface area contributed by atoms with Crippen molar-refractivity contribution in [2.45, 2.75) is 31.6 Å². The number of anilines is 1. The summed E-state index contributed by atoms with van der Waals surface area (Å²) in [6.45, 7) is 1.06. The Balaban J connectivity index is 1.40. The van der Waals surface area contributed by atoms with Gasteiger partial charge in [0.05, 0.1) is 24.6 Å². The Bertz CT molecular complexity index is 967. The number of methoxy groups -OCH3 is 1. The van der Waals surface area contributed by atoms with E-state index in [9.17, 15) is 18.8 Å². The highest BCUT2D eigenvalue weighted by atomic mass is 32.1. The first-order valence-electron chi connectivity index (χ1n) is 9.89. The second-order valence-corrected chi connectivity index (χ2v) is 8.59. The zero-order valence-electron chi connectivity index (χ0n) is 16.5. The molecule has 0 radical (unpaired) electrons. The fraction of sp³-hybridized carbons (Fsp3) is 0.429. The molecule has 0 bridgehead atoms. The summed E-state index contributed by atoms with van der Waals surface area (Å²) in [7, 11) is 1.38. The van der Waals surface area contributed by atoms with E-state index in [1.807, 2.05) is 0 Å². The monoisotopic (exact) mass is 431 g/mol. The minimum Gasteiger partial charge on any atom is -0.469 e. The Hall–Kier alpha value is -2.81. The average Bonchev–Trinajstić information content (AvgIpc) is 3.33. The second kappa shape index (κ2) is 8.51. The molecule has 1 N–H and O–H groups in total. The lowest BCUT2D eigenvalue weighted by atomic mass is 9.95. The molecule has 1 fully saturated rings. The quantitative estimate of drug-likeness (QED) is 0.752. The number of carbonyl (C=O) groups is 3. The molecule has 1 aliphatic heterocycles. The standard InChI is InChI=1S/C21H22FN3O4S/c1-29-20(28)13-8-10-25(11-9-13)19(27)15-6-7-16-17(15)23-21(30-16)24-18(26)12-2-4-14(22)5-3-12/h2-5,13,15H,6-11H2,1H3,(H,23,24,26)/t15-/m1/s1. The molecule has 2 aromatic rings. The van der Waals surface area contributed by atoms with Crippen molar-refractivity contribution in [2.75, 3.05) is 25.5 Å². The molecule has 0 saturated carbocycles. The number of hydrogen-bond acceptors (Lipinski definition) is 6. The number of nitrogens with one attached hydrogen (secondary N) is 1. The van der Waals surface area contributed by atoms with Crippen LogP contribution in [0, 0.1) is 11.7 Å². The molecule has 1 aromatic heterocycles. The van der Waals surface area contributed by atoms with Gasteiger partial charge in [-0.05, 0) is 49.9 Å². The number of rotatable bonds is 4. The third kappa shape index (κ3) is 4.07. The van der Waals surface area contributed by atoms with E-state index in [-0.39, 0.29) is 29.6 Å². The molecule has 158 valence electrons. The fourth-order valence-electron chi connectivity index (χ4n) is 4.01. The predicted octanol–water partition coefficient (Wildman–Crippen LogP) is 2.98. The normalized spacial score (nSPS) is 18.7. The molecule has 2 heterocycles. The number of carbonyl (C=O) groups excluding carboxylic acids is 3. The first kappa shape index (κ1) is 20.5. The van der Waals surface area contributed by atoms with Crippen molar-refractivity contribution in [3.63, 3.8) is 0 Å². The molecule has 9 heteroatoms. The lowest BCUT2D eigenvalue weighted by Crippen LogP contribution is -2.42. The van der Waals surface area contributed by atoms with Gasteiger partial charge in [-0.2, -0.15) is 0 Å². The maximum Gasteiger partial charge on any atom is 0.308 e. The SMILES string of the molecule is COC(=O)C1CCN(C(=O)[C@@H]2CCc3sc(NC(=O)c4ccc(F)cc4)nc32)CC1. The molecule has 1 atom stereocenters. The van der Waals surface area contributed by atoms with Crippen LogP contribution in [0.25, 0.3) is 0 Å². The highest BCUT2D eigenvalue weighted by Crippen LogP contribution is 2.40. The Morgan fingerprint density at radius 2 is 1.87 bits per heavy atom. The van der Waals surface area contributed by atoms with Crippen molar-refractivity contribution in [3.8, 4) is 0 Å². The zero-order chi connectivity index (χ0) is 21.3. The maximum absolute atomic E-state index is 13.0. The number of ether oxygens (including phenoxy) is 1. The predicted molar refractivity (Wildman–Crippen MR) is 109 cm³/mol. The van der Waals surface area contributed by atoms with E-state index >= 15 is 0 Å². The zero-order valence-corrected chi connectivity index (χ0v) is 17.3. The number of halogens is 1. The number of hydrogen-bond donors (Lipinski definition) is 1. The van der Waals surface area contributed by atoms with E-state index in [1.165, 1.54) is 42.7 Å².